The number of rotatable bonds is 3. The van der Waals surface area contributed by atoms with Gasteiger partial charge < -0.3 is 4.74 Å². The Morgan fingerprint density at radius 2 is 2.35 bits per heavy atom. The Labute approximate surface area is 105 Å². The Kier molecular flexibility index (Phi) is 4.15. The van der Waals surface area contributed by atoms with Crippen LogP contribution in [0.4, 0.5) is 4.39 Å². The van der Waals surface area contributed by atoms with Crippen molar-refractivity contribution in [3.63, 3.8) is 0 Å². The zero-order valence-electron chi connectivity index (χ0n) is 9.83. The highest BCUT2D eigenvalue weighted by molar-refractivity contribution is 6.28. The van der Waals surface area contributed by atoms with E-state index in [4.69, 9.17) is 16.3 Å². The molecule has 0 spiro atoms. The van der Waals surface area contributed by atoms with Crippen molar-refractivity contribution >= 4 is 11.6 Å². The van der Waals surface area contributed by atoms with Gasteiger partial charge in [0.05, 0.1) is 6.20 Å². The third kappa shape index (κ3) is 3.28. The Balaban J connectivity index is 2.02. The zero-order valence-corrected chi connectivity index (χ0v) is 10.6. The average molecular weight is 259 g/mol. The van der Waals surface area contributed by atoms with Crippen LogP contribution in [0.2, 0.25) is 5.28 Å². The molecule has 1 aromatic rings. The second-order valence-electron chi connectivity index (χ2n) is 4.47. The minimum absolute atomic E-state index is 0.0178. The predicted octanol–water partition coefficient (Wildman–Crippen LogP) is 3.62. The molecule has 1 aromatic heterocycles. The molecule has 1 aliphatic rings. The van der Waals surface area contributed by atoms with Crippen molar-refractivity contribution in [3.8, 4) is 5.88 Å². The minimum Gasteiger partial charge on any atom is -0.472 e. The van der Waals surface area contributed by atoms with Crippen molar-refractivity contribution in [3.05, 3.63) is 17.3 Å². The predicted molar refractivity (Wildman–Crippen MR) is 63.7 cm³/mol. The number of hydrogen-bond acceptors (Lipinski definition) is 3. The van der Waals surface area contributed by atoms with E-state index in [9.17, 15) is 4.39 Å². The normalized spacial score (nSPS) is 24.6. The number of ether oxygens (including phenoxy) is 1. The lowest BCUT2D eigenvalue weighted by Crippen LogP contribution is -2.25. The van der Waals surface area contributed by atoms with Crippen LogP contribution >= 0.6 is 11.6 Å². The first-order valence-corrected chi connectivity index (χ1v) is 6.41. The molecule has 0 N–H and O–H groups in total. The monoisotopic (exact) mass is 258 g/mol. The molecule has 0 bridgehead atoms. The van der Waals surface area contributed by atoms with Crippen LogP contribution in [0.1, 0.15) is 39.0 Å². The summed E-state index contributed by atoms with van der Waals surface area (Å²) in [4.78, 5) is 7.34. The van der Waals surface area contributed by atoms with Gasteiger partial charge in [-0.15, -0.1) is 0 Å². The summed E-state index contributed by atoms with van der Waals surface area (Å²) in [6.07, 6.45) is 6.54. The summed E-state index contributed by atoms with van der Waals surface area (Å²) < 4.78 is 19.0. The third-order valence-electron chi connectivity index (χ3n) is 3.27. The number of nitrogens with zero attached hydrogens (tertiary/aromatic N) is 2. The molecule has 17 heavy (non-hydrogen) atoms. The maximum absolute atomic E-state index is 13.4. The molecule has 1 aliphatic carbocycles. The zero-order chi connectivity index (χ0) is 12.3. The van der Waals surface area contributed by atoms with E-state index < -0.39 is 5.82 Å². The number of halogens is 2. The lowest BCUT2D eigenvalue weighted by Gasteiger charge is -2.28. The van der Waals surface area contributed by atoms with Crippen LogP contribution in [0, 0.1) is 11.7 Å². The van der Waals surface area contributed by atoms with Crippen LogP contribution in [-0.4, -0.2) is 16.1 Å². The molecule has 2 unspecified atom stereocenters. The van der Waals surface area contributed by atoms with Gasteiger partial charge in [0.1, 0.15) is 6.10 Å². The SMILES string of the molecule is CCC1CCCC(Oc2nc(Cl)ncc2F)C1. The van der Waals surface area contributed by atoms with Crippen molar-refractivity contribution in [1.82, 2.24) is 9.97 Å². The highest BCUT2D eigenvalue weighted by atomic mass is 35.5. The summed E-state index contributed by atoms with van der Waals surface area (Å²) in [5, 5.41) is 0.0178. The van der Waals surface area contributed by atoms with Crippen molar-refractivity contribution in [2.24, 2.45) is 5.92 Å². The van der Waals surface area contributed by atoms with Crippen LogP contribution in [0.5, 0.6) is 5.88 Å². The molecule has 0 aromatic carbocycles. The molecule has 2 atom stereocenters. The smallest absolute Gasteiger partial charge is 0.255 e. The lowest BCUT2D eigenvalue weighted by molar-refractivity contribution is 0.111. The first-order valence-electron chi connectivity index (χ1n) is 6.03. The highest BCUT2D eigenvalue weighted by Gasteiger charge is 2.23. The van der Waals surface area contributed by atoms with Crippen molar-refractivity contribution in [2.45, 2.75) is 45.1 Å². The van der Waals surface area contributed by atoms with Crippen LogP contribution < -0.4 is 4.74 Å². The van der Waals surface area contributed by atoms with Gasteiger partial charge in [-0.05, 0) is 36.8 Å². The Bertz CT molecular complexity index is 389. The summed E-state index contributed by atoms with van der Waals surface area (Å²) in [7, 11) is 0. The average Bonchev–Trinajstić information content (AvgIpc) is 2.34. The molecule has 3 nitrogen and oxygen atoms in total. The highest BCUT2D eigenvalue weighted by Crippen LogP contribution is 2.29. The number of hydrogen-bond donors (Lipinski definition) is 0. The van der Waals surface area contributed by atoms with Crippen molar-refractivity contribution < 1.29 is 9.13 Å². The second kappa shape index (κ2) is 5.63. The molecule has 5 heteroatoms. The van der Waals surface area contributed by atoms with Gasteiger partial charge in [0.15, 0.2) is 0 Å². The topological polar surface area (TPSA) is 35.0 Å². The van der Waals surface area contributed by atoms with Gasteiger partial charge in [0.2, 0.25) is 11.1 Å². The third-order valence-corrected chi connectivity index (χ3v) is 3.45. The van der Waals surface area contributed by atoms with Gasteiger partial charge >= 0.3 is 0 Å². The first-order chi connectivity index (χ1) is 8.19. The van der Waals surface area contributed by atoms with E-state index in [0.29, 0.717) is 5.92 Å². The van der Waals surface area contributed by atoms with Gasteiger partial charge in [-0.3, -0.25) is 0 Å². The van der Waals surface area contributed by atoms with E-state index >= 15 is 0 Å². The van der Waals surface area contributed by atoms with E-state index in [2.05, 4.69) is 16.9 Å². The lowest BCUT2D eigenvalue weighted by atomic mass is 9.85. The second-order valence-corrected chi connectivity index (χ2v) is 4.81. The fraction of sp³-hybridized carbons (Fsp3) is 0.667. The van der Waals surface area contributed by atoms with E-state index in [0.717, 1.165) is 31.9 Å². The summed E-state index contributed by atoms with van der Waals surface area (Å²) in [5.74, 6) is 0.105. The molecule has 0 radical (unpaired) electrons. The van der Waals surface area contributed by atoms with Crippen LogP contribution in [0.15, 0.2) is 6.20 Å². The van der Waals surface area contributed by atoms with Crippen molar-refractivity contribution in [1.29, 1.82) is 0 Å². The minimum atomic E-state index is -0.548. The van der Waals surface area contributed by atoms with Gasteiger partial charge in [0.25, 0.3) is 5.88 Å². The Hall–Kier alpha value is -0.900. The molecule has 2 rings (SSSR count). The maximum Gasteiger partial charge on any atom is 0.255 e. The molecule has 0 aliphatic heterocycles. The maximum atomic E-state index is 13.4. The quantitative estimate of drug-likeness (QED) is 0.777. The van der Waals surface area contributed by atoms with E-state index in [1.807, 2.05) is 0 Å². The van der Waals surface area contributed by atoms with Crippen LogP contribution in [-0.2, 0) is 0 Å². The summed E-state index contributed by atoms with van der Waals surface area (Å²) in [5.41, 5.74) is 0. The largest absolute Gasteiger partial charge is 0.472 e. The molecule has 1 fully saturated rings. The standard InChI is InChI=1S/C12H16ClFN2O/c1-2-8-4-3-5-9(6-8)17-11-10(14)7-15-12(13)16-11/h7-9H,2-6H2,1H3. The van der Waals surface area contributed by atoms with Crippen molar-refractivity contribution in [2.75, 3.05) is 0 Å². The van der Waals surface area contributed by atoms with Gasteiger partial charge in [-0.1, -0.05) is 19.8 Å². The van der Waals surface area contributed by atoms with E-state index in [1.54, 1.807) is 0 Å². The molecular formula is C12H16ClFN2O. The van der Waals surface area contributed by atoms with Crippen LogP contribution in [0.25, 0.3) is 0 Å². The summed E-state index contributed by atoms with van der Waals surface area (Å²) in [6.45, 7) is 2.18. The summed E-state index contributed by atoms with van der Waals surface area (Å²) >= 11 is 5.62. The van der Waals surface area contributed by atoms with Gasteiger partial charge in [-0.2, -0.15) is 9.37 Å². The Morgan fingerprint density at radius 3 is 3.12 bits per heavy atom. The van der Waals surface area contributed by atoms with E-state index in [1.165, 1.54) is 6.42 Å². The fourth-order valence-corrected chi connectivity index (χ4v) is 2.42. The molecule has 94 valence electrons. The Morgan fingerprint density at radius 1 is 1.53 bits per heavy atom. The fourth-order valence-electron chi connectivity index (χ4n) is 2.29. The van der Waals surface area contributed by atoms with Gasteiger partial charge in [-0.25, -0.2) is 4.98 Å². The van der Waals surface area contributed by atoms with Gasteiger partial charge in [0, 0.05) is 0 Å². The molecule has 0 saturated heterocycles. The van der Waals surface area contributed by atoms with Crippen LogP contribution in [0.3, 0.4) is 0 Å². The summed E-state index contributed by atoms with van der Waals surface area (Å²) in [6, 6.07) is 0. The first kappa shape index (κ1) is 12.6. The molecular weight excluding hydrogens is 243 g/mol. The number of aromatic nitrogens is 2. The molecule has 1 saturated carbocycles. The molecule has 1 heterocycles. The molecule has 0 amide bonds. The van der Waals surface area contributed by atoms with E-state index in [-0.39, 0.29) is 17.3 Å².